The first kappa shape index (κ1) is 48.4. The number of fused-ring (bicyclic) bond motifs is 19. The van der Waals surface area contributed by atoms with Crippen LogP contribution in [0.25, 0.3) is 169 Å². The van der Waals surface area contributed by atoms with Crippen LogP contribution < -0.4 is 0 Å². The minimum Gasteiger partial charge on any atom is -0.309 e. The number of nitriles is 2. The Morgan fingerprint density at radius 2 is 0.568 bits per heavy atom. The first-order valence-electron chi connectivity index (χ1n) is 29.6. The van der Waals surface area contributed by atoms with E-state index < -0.39 is 0 Å². The number of hydrogen-bond donors (Lipinski definition) is 0. The van der Waals surface area contributed by atoms with E-state index in [1.807, 2.05) is 0 Å². The average Bonchev–Trinajstić information content (AvgIpc) is 1.50. The van der Waals surface area contributed by atoms with Gasteiger partial charge in [0.1, 0.15) is 23.3 Å². The Kier molecular flexibility index (Phi) is 10.1. The number of para-hydroxylation sites is 9. The van der Waals surface area contributed by atoms with Crippen LogP contribution in [0, 0.1) is 22.7 Å². The van der Waals surface area contributed by atoms with Crippen LogP contribution in [0.3, 0.4) is 0 Å². The first-order valence-corrected chi connectivity index (χ1v) is 30.5. The molecule has 13 aromatic carbocycles. The molecule has 0 saturated carbocycles. The number of rotatable bonds is 6. The lowest BCUT2D eigenvalue weighted by molar-refractivity contribution is 1.03. The molecule has 0 unspecified atom stereocenters. The highest BCUT2D eigenvalue weighted by molar-refractivity contribution is 7.26. The summed E-state index contributed by atoms with van der Waals surface area (Å²) in [5, 5.41) is 39.1. The Bertz CT molecular complexity index is 6140. The maximum atomic E-state index is 13.1. The minimum atomic E-state index is 0.409. The largest absolute Gasteiger partial charge is 0.309 e. The second-order valence-electron chi connectivity index (χ2n) is 22.8. The average molecular weight is 1140 g/mol. The molecule has 0 aliphatic rings. The number of nitrogens with zero attached hydrogens (tertiary/aromatic N) is 7. The maximum Gasteiger partial charge on any atom is 0.104 e. The Balaban J connectivity index is 1.08. The van der Waals surface area contributed by atoms with Gasteiger partial charge >= 0.3 is 0 Å². The van der Waals surface area contributed by atoms with E-state index in [0.29, 0.717) is 33.9 Å². The molecule has 0 fully saturated rings. The van der Waals surface area contributed by atoms with Crippen molar-refractivity contribution in [2.45, 2.75) is 0 Å². The normalized spacial score (nSPS) is 12.1. The van der Waals surface area contributed by atoms with E-state index in [4.69, 9.17) is 0 Å². The molecule has 7 nitrogen and oxygen atoms in total. The van der Waals surface area contributed by atoms with Crippen molar-refractivity contribution < 1.29 is 0 Å². The van der Waals surface area contributed by atoms with Crippen molar-refractivity contribution in [1.29, 1.82) is 10.5 Å². The lowest BCUT2D eigenvalue weighted by Crippen LogP contribution is -2.16. The molecule has 0 N–H and O–H groups in total. The number of aromatic nitrogens is 5. The summed E-state index contributed by atoms with van der Waals surface area (Å²) in [6.07, 6.45) is 0. The van der Waals surface area contributed by atoms with E-state index in [0.717, 1.165) is 135 Å². The second kappa shape index (κ2) is 18.3. The third kappa shape index (κ3) is 6.37. The van der Waals surface area contributed by atoms with Gasteiger partial charge in [0.15, 0.2) is 0 Å². The number of thiophene rings is 1. The van der Waals surface area contributed by atoms with Crippen molar-refractivity contribution in [2.75, 3.05) is 0 Å². The van der Waals surface area contributed by atoms with Gasteiger partial charge in [0.05, 0.1) is 88.3 Å². The molecule has 8 heteroatoms. The van der Waals surface area contributed by atoms with Crippen molar-refractivity contribution in [3.63, 3.8) is 0 Å². The quantitative estimate of drug-likeness (QED) is 0.166. The molecule has 0 amide bonds. The standard InChI is InChI=1S/C80H45N7S/c81-46-61-75(84-66-36-14-3-24-50(66)51-25-4-15-37-67(51)84)76(85-68-38-16-5-26-52(68)53-27-6-17-39-69(53)85)62(47-82)78(77(61)86-70-40-18-7-28-54(70)55-29-8-19-41-71(55)86)87-72-42-21-32-58(74(72)60-45-44-59-57-31-10-20-43-73(57)88-80(59)79(60)87)56-30-9-13-35-65(56)83-63-33-11-1-22-48(63)49-23-2-12-34-64(49)83/h1-45H. The molecule has 406 valence electrons. The smallest absolute Gasteiger partial charge is 0.104 e. The summed E-state index contributed by atoms with van der Waals surface area (Å²) in [7, 11) is 0. The van der Waals surface area contributed by atoms with Gasteiger partial charge in [-0.3, -0.25) is 0 Å². The number of benzene rings is 13. The van der Waals surface area contributed by atoms with Crippen LogP contribution >= 0.6 is 11.3 Å². The fraction of sp³-hybridized carbons (Fsp3) is 0. The molecule has 0 saturated heterocycles. The molecule has 19 rings (SSSR count). The highest BCUT2D eigenvalue weighted by Gasteiger charge is 2.35. The monoisotopic (exact) mass is 1140 g/mol. The summed E-state index contributed by atoms with van der Waals surface area (Å²) in [5.41, 5.74) is 16.0. The predicted octanol–water partition coefficient (Wildman–Crippen LogP) is 21.0. The van der Waals surface area contributed by atoms with Crippen molar-refractivity contribution in [2.24, 2.45) is 0 Å². The molecule has 0 aliphatic heterocycles. The van der Waals surface area contributed by atoms with Gasteiger partial charge < -0.3 is 22.8 Å². The van der Waals surface area contributed by atoms with Gasteiger partial charge in [-0.2, -0.15) is 10.5 Å². The fourth-order valence-electron chi connectivity index (χ4n) is 15.1. The van der Waals surface area contributed by atoms with Crippen LogP contribution in [-0.2, 0) is 0 Å². The van der Waals surface area contributed by atoms with Gasteiger partial charge in [-0.1, -0.05) is 206 Å². The van der Waals surface area contributed by atoms with Gasteiger partial charge in [-0.05, 0) is 72.3 Å². The zero-order valence-corrected chi connectivity index (χ0v) is 47.8. The van der Waals surface area contributed by atoms with E-state index in [9.17, 15) is 10.5 Å². The summed E-state index contributed by atoms with van der Waals surface area (Å²) >= 11 is 1.77. The zero-order chi connectivity index (χ0) is 57.9. The van der Waals surface area contributed by atoms with Crippen LogP contribution in [0.4, 0.5) is 0 Å². The molecule has 0 aliphatic carbocycles. The fourth-order valence-corrected chi connectivity index (χ4v) is 16.4. The predicted molar refractivity (Wildman–Crippen MR) is 366 cm³/mol. The Morgan fingerprint density at radius 1 is 0.250 bits per heavy atom. The van der Waals surface area contributed by atoms with Crippen molar-refractivity contribution in [3.8, 4) is 51.7 Å². The van der Waals surface area contributed by atoms with Crippen molar-refractivity contribution in [3.05, 3.63) is 284 Å². The topological polar surface area (TPSA) is 72.2 Å². The third-order valence-corrected chi connectivity index (χ3v) is 19.8. The molecule has 0 spiro atoms. The molecule has 6 aromatic heterocycles. The van der Waals surface area contributed by atoms with Crippen LogP contribution in [-0.4, -0.2) is 22.8 Å². The maximum absolute atomic E-state index is 13.1. The summed E-state index contributed by atoms with van der Waals surface area (Å²) in [4.78, 5) is 0. The molecular weight excluding hydrogens is 1090 g/mol. The summed E-state index contributed by atoms with van der Waals surface area (Å²) in [5.74, 6) is 0. The van der Waals surface area contributed by atoms with E-state index in [1.54, 1.807) is 11.3 Å². The Hall–Kier alpha value is -11.9. The SMILES string of the molecule is N#Cc1c(-n2c3ccccc3c3ccccc32)c(-n2c3ccccc3c3ccccc32)c(C#N)c(-n2c3cccc(-c4ccccc4-n4c5ccccc5c5ccccc54)c3c3ccc4c5ccccc5sc4c32)c1-n1c2ccccc2c2ccccc21. The van der Waals surface area contributed by atoms with E-state index in [-0.39, 0.29) is 0 Å². The number of hydrogen-bond acceptors (Lipinski definition) is 3. The van der Waals surface area contributed by atoms with E-state index in [2.05, 4.69) is 308 Å². The minimum absolute atomic E-state index is 0.409. The van der Waals surface area contributed by atoms with Crippen LogP contribution in [0.1, 0.15) is 11.1 Å². The summed E-state index contributed by atoms with van der Waals surface area (Å²) < 4.78 is 13.9. The zero-order valence-electron chi connectivity index (χ0n) is 47.0. The van der Waals surface area contributed by atoms with Gasteiger partial charge in [-0.15, -0.1) is 11.3 Å². The summed E-state index contributed by atoms with van der Waals surface area (Å²) in [6.45, 7) is 0. The lowest BCUT2D eigenvalue weighted by atomic mass is 9.97. The Labute approximate surface area is 506 Å². The van der Waals surface area contributed by atoms with Gasteiger partial charge in [-0.25, -0.2) is 0 Å². The Morgan fingerprint density at radius 3 is 0.989 bits per heavy atom. The van der Waals surface area contributed by atoms with E-state index >= 15 is 0 Å². The van der Waals surface area contributed by atoms with Crippen molar-refractivity contribution >= 4 is 141 Å². The molecule has 0 radical (unpaired) electrons. The van der Waals surface area contributed by atoms with Crippen molar-refractivity contribution in [1.82, 2.24) is 22.8 Å². The molecular formula is C80H45N7S. The van der Waals surface area contributed by atoms with Crippen LogP contribution in [0.2, 0.25) is 0 Å². The molecule has 6 heterocycles. The van der Waals surface area contributed by atoms with Gasteiger partial charge in [0, 0.05) is 74.9 Å². The first-order chi connectivity index (χ1) is 43.7. The lowest BCUT2D eigenvalue weighted by Gasteiger charge is -2.27. The molecule has 19 aromatic rings. The van der Waals surface area contributed by atoms with E-state index in [1.165, 1.54) is 10.8 Å². The molecule has 0 atom stereocenters. The van der Waals surface area contributed by atoms with Crippen LogP contribution in [0.5, 0.6) is 0 Å². The third-order valence-electron chi connectivity index (χ3n) is 18.6. The highest BCUT2D eigenvalue weighted by atomic mass is 32.1. The molecule has 0 bridgehead atoms. The van der Waals surface area contributed by atoms with Gasteiger partial charge in [0.2, 0.25) is 0 Å². The summed E-state index contributed by atoms with van der Waals surface area (Å²) in [6, 6.07) is 103. The molecule has 88 heavy (non-hydrogen) atoms. The van der Waals surface area contributed by atoms with Gasteiger partial charge in [0.25, 0.3) is 0 Å². The van der Waals surface area contributed by atoms with Crippen LogP contribution in [0.15, 0.2) is 273 Å². The highest BCUT2D eigenvalue weighted by Crippen LogP contribution is 2.52. The second-order valence-corrected chi connectivity index (χ2v) is 23.9.